The van der Waals surface area contributed by atoms with Crippen molar-refractivity contribution in [3.05, 3.63) is 42.6 Å². The standard InChI is InChI=1S/C20H25N5O/c26-20(16-4-5-19(23-14-16)17-12-21-15-22-13-17)25-10-6-18(7-11-25)24-8-2-1-3-9-24/h4-5,12-15,18H,1-3,6-11H2. The maximum atomic E-state index is 12.8. The summed E-state index contributed by atoms with van der Waals surface area (Å²) in [7, 11) is 0. The van der Waals surface area contributed by atoms with Gasteiger partial charge in [-0.1, -0.05) is 6.42 Å². The number of likely N-dealkylation sites (tertiary alicyclic amines) is 2. The summed E-state index contributed by atoms with van der Waals surface area (Å²) >= 11 is 0. The van der Waals surface area contributed by atoms with Crippen molar-refractivity contribution in [3.63, 3.8) is 0 Å². The summed E-state index contributed by atoms with van der Waals surface area (Å²) in [4.78, 5) is 29.8. The summed E-state index contributed by atoms with van der Waals surface area (Å²) in [6.07, 6.45) is 12.8. The smallest absolute Gasteiger partial charge is 0.255 e. The minimum Gasteiger partial charge on any atom is -0.338 e. The number of piperidine rings is 2. The van der Waals surface area contributed by atoms with Crippen molar-refractivity contribution in [1.29, 1.82) is 0 Å². The fourth-order valence-electron chi connectivity index (χ4n) is 4.02. The molecule has 6 nitrogen and oxygen atoms in total. The highest BCUT2D eigenvalue weighted by atomic mass is 16.2. The molecule has 26 heavy (non-hydrogen) atoms. The molecular weight excluding hydrogens is 326 g/mol. The van der Waals surface area contributed by atoms with Crippen molar-refractivity contribution in [2.24, 2.45) is 0 Å². The third kappa shape index (κ3) is 3.75. The van der Waals surface area contributed by atoms with E-state index in [0.717, 1.165) is 37.2 Å². The molecule has 1 amide bonds. The predicted molar refractivity (Wildman–Crippen MR) is 99.6 cm³/mol. The molecule has 2 aliphatic rings. The van der Waals surface area contributed by atoms with Gasteiger partial charge in [0.15, 0.2) is 0 Å². The molecule has 4 rings (SSSR count). The lowest BCUT2D eigenvalue weighted by Gasteiger charge is -2.40. The van der Waals surface area contributed by atoms with Gasteiger partial charge >= 0.3 is 0 Å². The Bertz CT molecular complexity index is 720. The second-order valence-corrected chi connectivity index (χ2v) is 7.18. The van der Waals surface area contributed by atoms with E-state index in [2.05, 4.69) is 19.9 Å². The van der Waals surface area contributed by atoms with Crippen LogP contribution in [0.3, 0.4) is 0 Å². The normalized spacial score (nSPS) is 19.5. The van der Waals surface area contributed by atoms with Crippen LogP contribution in [0.1, 0.15) is 42.5 Å². The molecule has 0 aromatic carbocycles. The Hall–Kier alpha value is -2.34. The van der Waals surface area contributed by atoms with E-state index >= 15 is 0 Å². The lowest BCUT2D eigenvalue weighted by atomic mass is 9.99. The van der Waals surface area contributed by atoms with Gasteiger partial charge in [0.2, 0.25) is 0 Å². The Kier molecular flexibility index (Phi) is 5.20. The molecule has 2 aromatic heterocycles. The molecule has 4 heterocycles. The number of pyridine rings is 1. The quantitative estimate of drug-likeness (QED) is 0.851. The minimum absolute atomic E-state index is 0.0884. The van der Waals surface area contributed by atoms with Gasteiger partial charge in [-0.3, -0.25) is 9.78 Å². The van der Waals surface area contributed by atoms with Crippen molar-refractivity contribution in [2.75, 3.05) is 26.2 Å². The zero-order valence-corrected chi connectivity index (χ0v) is 15.0. The zero-order valence-electron chi connectivity index (χ0n) is 15.0. The largest absolute Gasteiger partial charge is 0.338 e. The summed E-state index contributed by atoms with van der Waals surface area (Å²) in [5, 5.41) is 0. The van der Waals surface area contributed by atoms with Gasteiger partial charge in [-0.05, 0) is 50.9 Å². The molecular formula is C20H25N5O. The number of hydrogen-bond acceptors (Lipinski definition) is 5. The molecule has 2 saturated heterocycles. The van der Waals surface area contributed by atoms with Crippen LogP contribution >= 0.6 is 0 Å². The summed E-state index contributed by atoms with van der Waals surface area (Å²) in [5.41, 5.74) is 2.29. The average molecular weight is 351 g/mol. The Morgan fingerprint density at radius 3 is 2.31 bits per heavy atom. The number of nitrogens with zero attached hydrogens (tertiary/aromatic N) is 5. The molecule has 0 aliphatic carbocycles. The number of rotatable bonds is 3. The third-order valence-corrected chi connectivity index (χ3v) is 5.53. The van der Waals surface area contributed by atoms with Crippen LogP contribution in [0, 0.1) is 0 Å². The highest BCUT2D eigenvalue weighted by Gasteiger charge is 2.28. The SMILES string of the molecule is O=C(c1ccc(-c2cncnc2)nc1)N1CCC(N2CCCCC2)CC1. The van der Waals surface area contributed by atoms with E-state index < -0.39 is 0 Å². The lowest BCUT2D eigenvalue weighted by molar-refractivity contribution is 0.0589. The van der Waals surface area contributed by atoms with E-state index in [1.54, 1.807) is 18.6 Å². The summed E-state index contributed by atoms with van der Waals surface area (Å²) in [6, 6.07) is 4.37. The Balaban J connectivity index is 1.36. The van der Waals surface area contributed by atoms with Crippen molar-refractivity contribution in [3.8, 4) is 11.3 Å². The first-order valence-corrected chi connectivity index (χ1v) is 9.56. The second-order valence-electron chi connectivity index (χ2n) is 7.18. The molecule has 2 aliphatic heterocycles. The van der Waals surface area contributed by atoms with Crippen LogP contribution in [0.4, 0.5) is 0 Å². The molecule has 136 valence electrons. The van der Waals surface area contributed by atoms with Crippen LogP contribution in [0.25, 0.3) is 11.3 Å². The number of carbonyl (C=O) groups excluding carboxylic acids is 1. The maximum Gasteiger partial charge on any atom is 0.255 e. The maximum absolute atomic E-state index is 12.8. The van der Waals surface area contributed by atoms with Crippen LogP contribution in [0.2, 0.25) is 0 Å². The first kappa shape index (κ1) is 17.1. The van der Waals surface area contributed by atoms with E-state index in [0.29, 0.717) is 11.6 Å². The van der Waals surface area contributed by atoms with Crippen molar-refractivity contribution < 1.29 is 4.79 Å². The van der Waals surface area contributed by atoms with E-state index in [9.17, 15) is 4.79 Å². The average Bonchev–Trinajstić information content (AvgIpc) is 2.75. The van der Waals surface area contributed by atoms with Crippen molar-refractivity contribution >= 4 is 5.91 Å². The number of carbonyl (C=O) groups is 1. The summed E-state index contributed by atoms with van der Waals surface area (Å²) in [6.45, 7) is 4.14. The van der Waals surface area contributed by atoms with Gasteiger partial charge in [0.25, 0.3) is 5.91 Å². The van der Waals surface area contributed by atoms with E-state index in [1.807, 2.05) is 17.0 Å². The third-order valence-electron chi connectivity index (χ3n) is 5.53. The topological polar surface area (TPSA) is 62.2 Å². The fraction of sp³-hybridized carbons (Fsp3) is 0.500. The summed E-state index contributed by atoms with van der Waals surface area (Å²) < 4.78 is 0. The molecule has 2 fully saturated rings. The lowest BCUT2D eigenvalue weighted by Crippen LogP contribution is -2.48. The molecule has 0 radical (unpaired) electrons. The van der Waals surface area contributed by atoms with Gasteiger partial charge in [-0.15, -0.1) is 0 Å². The molecule has 0 unspecified atom stereocenters. The van der Waals surface area contributed by atoms with Crippen LogP contribution in [-0.2, 0) is 0 Å². The van der Waals surface area contributed by atoms with E-state index in [-0.39, 0.29) is 5.91 Å². The van der Waals surface area contributed by atoms with Gasteiger partial charge < -0.3 is 9.80 Å². The first-order chi connectivity index (χ1) is 12.8. The molecule has 0 N–H and O–H groups in total. The second kappa shape index (κ2) is 7.91. The molecule has 0 atom stereocenters. The van der Waals surface area contributed by atoms with E-state index in [4.69, 9.17) is 0 Å². The Morgan fingerprint density at radius 2 is 1.65 bits per heavy atom. The summed E-state index contributed by atoms with van der Waals surface area (Å²) in [5.74, 6) is 0.0884. The van der Waals surface area contributed by atoms with Gasteiger partial charge in [0.1, 0.15) is 6.33 Å². The van der Waals surface area contributed by atoms with Gasteiger partial charge in [0, 0.05) is 43.3 Å². The van der Waals surface area contributed by atoms with Gasteiger partial charge in [-0.25, -0.2) is 9.97 Å². The monoisotopic (exact) mass is 351 g/mol. The molecule has 0 saturated carbocycles. The number of aromatic nitrogens is 3. The van der Waals surface area contributed by atoms with Crippen LogP contribution < -0.4 is 0 Å². The molecule has 0 bridgehead atoms. The van der Waals surface area contributed by atoms with Crippen molar-refractivity contribution in [1.82, 2.24) is 24.8 Å². The molecule has 0 spiro atoms. The predicted octanol–water partition coefficient (Wildman–Crippen LogP) is 2.63. The van der Waals surface area contributed by atoms with Crippen LogP contribution in [0.15, 0.2) is 37.1 Å². The fourth-order valence-corrected chi connectivity index (χ4v) is 4.02. The number of hydrogen-bond donors (Lipinski definition) is 0. The molecule has 2 aromatic rings. The number of amides is 1. The van der Waals surface area contributed by atoms with Crippen LogP contribution in [-0.4, -0.2) is 62.9 Å². The van der Waals surface area contributed by atoms with Crippen LogP contribution in [0.5, 0.6) is 0 Å². The Morgan fingerprint density at radius 1 is 0.923 bits per heavy atom. The first-order valence-electron chi connectivity index (χ1n) is 9.56. The highest BCUT2D eigenvalue weighted by molar-refractivity contribution is 5.94. The zero-order chi connectivity index (χ0) is 17.8. The Labute approximate surface area is 154 Å². The van der Waals surface area contributed by atoms with E-state index in [1.165, 1.54) is 38.7 Å². The van der Waals surface area contributed by atoms with Crippen molar-refractivity contribution in [2.45, 2.75) is 38.1 Å². The van der Waals surface area contributed by atoms with Gasteiger partial charge in [0.05, 0.1) is 11.3 Å². The highest BCUT2D eigenvalue weighted by Crippen LogP contribution is 2.22. The minimum atomic E-state index is 0.0884. The molecule has 6 heteroatoms. The van der Waals surface area contributed by atoms with Gasteiger partial charge in [-0.2, -0.15) is 0 Å².